The summed E-state index contributed by atoms with van der Waals surface area (Å²) in [6.45, 7) is 21.2. The highest BCUT2D eigenvalue weighted by Gasteiger charge is 2.64. The van der Waals surface area contributed by atoms with E-state index in [0.717, 1.165) is 64.2 Å². The van der Waals surface area contributed by atoms with Gasteiger partial charge in [0.1, 0.15) is 21.7 Å². The second-order valence-corrected chi connectivity index (χ2v) is 26.8. The average Bonchev–Trinajstić information content (AvgIpc) is 1.58. The van der Waals surface area contributed by atoms with Gasteiger partial charge in [0.25, 0.3) is 0 Å². The lowest BCUT2D eigenvalue weighted by molar-refractivity contribution is -0.169. The van der Waals surface area contributed by atoms with Crippen molar-refractivity contribution in [1.82, 2.24) is 0 Å². The summed E-state index contributed by atoms with van der Waals surface area (Å²) in [5.74, 6) is -12.4. The number of hydrogen-bond donors (Lipinski definition) is 2. The molecule has 0 radical (unpaired) electrons. The molecule has 2 heterocycles. The number of unbranched alkanes of at least 4 members (excludes halogenated alkanes) is 30. The summed E-state index contributed by atoms with van der Waals surface area (Å²) in [6, 6.07) is 0. The molecule has 0 aliphatic carbocycles. The molecule has 572 valence electrons. The Kier molecular flexibility index (Phi) is 53.9. The Morgan fingerprint density at radius 1 is 0.314 bits per heavy atom. The van der Waals surface area contributed by atoms with Crippen LogP contribution in [-0.2, 0) is 66.9 Å². The summed E-state index contributed by atoms with van der Waals surface area (Å²) in [5.41, 5.74) is -4.42. The minimum absolute atomic E-state index is 0.537. The van der Waals surface area contributed by atoms with Crippen molar-refractivity contribution in [2.45, 2.75) is 307 Å². The standard InChI is InChI=1S/C54H92O10.2C16H20O3/c1-4-7-10-13-16-19-22-25-28-31-34-37-40-46(43-49(55)56)52(60)63-51(59)45-48(42-39-36-33-30-27-24-21-18-15-12-9-6-3)54(62)64-53(61)47(44-50(57)58)41-38-35-32-29-26-23-20-17-14-11-8-5-2;2*1-5-9-15(10-6-2)13(17)19-14(18)16(15,11-7-3)12-8-4/h37-42,46-48H,4-36,43-45H2,1-3H3,(H,55,56)(H,57,58);2*5-12H,1-4H3. The van der Waals surface area contributed by atoms with Gasteiger partial charge in [0.05, 0.1) is 37.0 Å². The monoisotopic (exact) mass is 1420 g/mol. The molecule has 0 bridgehead atoms. The van der Waals surface area contributed by atoms with Crippen LogP contribution < -0.4 is 0 Å². The third-order valence-corrected chi connectivity index (χ3v) is 18.3. The zero-order chi connectivity index (χ0) is 76.3. The van der Waals surface area contributed by atoms with Crippen molar-refractivity contribution in [1.29, 1.82) is 0 Å². The molecule has 0 amide bonds. The van der Waals surface area contributed by atoms with E-state index in [0.29, 0.717) is 19.3 Å². The van der Waals surface area contributed by atoms with E-state index in [4.69, 9.17) is 18.9 Å². The number of carbonyl (C=O) groups excluding carboxylic acids is 8. The van der Waals surface area contributed by atoms with Gasteiger partial charge in [0.2, 0.25) is 0 Å². The molecular weight excluding hydrogens is 1290 g/mol. The van der Waals surface area contributed by atoms with Gasteiger partial charge in [-0.15, -0.1) is 0 Å². The summed E-state index contributed by atoms with van der Waals surface area (Å²) >= 11 is 0. The van der Waals surface area contributed by atoms with Crippen LogP contribution in [0.1, 0.15) is 307 Å². The van der Waals surface area contributed by atoms with Gasteiger partial charge in [0, 0.05) is 0 Å². The molecule has 0 aromatic heterocycles. The van der Waals surface area contributed by atoms with Gasteiger partial charge in [0.15, 0.2) is 0 Å². The van der Waals surface area contributed by atoms with E-state index in [1.807, 2.05) is 55.4 Å². The number of cyclic esters (lactones) is 4. The molecule has 16 nitrogen and oxygen atoms in total. The van der Waals surface area contributed by atoms with Crippen LogP contribution in [0.3, 0.4) is 0 Å². The van der Waals surface area contributed by atoms with Gasteiger partial charge in [-0.3, -0.25) is 47.9 Å². The molecule has 16 heteroatoms. The minimum Gasteiger partial charge on any atom is -0.481 e. The van der Waals surface area contributed by atoms with Gasteiger partial charge in [-0.25, -0.2) is 0 Å². The zero-order valence-electron chi connectivity index (χ0n) is 64.5. The quantitative estimate of drug-likeness (QED) is 0.0189. The fourth-order valence-electron chi connectivity index (χ4n) is 12.9. The molecule has 102 heavy (non-hydrogen) atoms. The number of allylic oxidation sites excluding steroid dienone is 11. The molecule has 2 aliphatic heterocycles. The number of esters is 8. The molecule has 0 aromatic rings. The SMILES string of the molecule is CC=CC1(C=CC)C(=O)OC(=O)C1(C=CC)C=CC.CC=CC1(C=CC)C(=O)OC(=O)C1(C=CC)C=CC.CCCCCCCCCCCCC=CC(CC(=O)O)C(=O)OC(=O)CC(C=CCCCCCCCCCCCC)C(=O)OC(=O)C(C=CCCCCCCCCCCCC)CC(=O)O. The van der Waals surface area contributed by atoms with Crippen molar-refractivity contribution in [3.05, 3.63) is 134 Å². The number of rotatable bonds is 53. The molecule has 0 spiro atoms. The molecule has 2 fully saturated rings. The topological polar surface area (TPSA) is 248 Å². The highest BCUT2D eigenvalue weighted by atomic mass is 16.6. The first-order valence-electron chi connectivity index (χ1n) is 38.7. The van der Waals surface area contributed by atoms with Gasteiger partial charge < -0.3 is 29.2 Å². The molecule has 2 saturated heterocycles. The smallest absolute Gasteiger partial charge is 0.329 e. The summed E-state index contributed by atoms with van der Waals surface area (Å²) in [6.07, 6.45) is 73.1. The maximum absolute atomic E-state index is 13.4. The number of carbonyl (C=O) groups is 10. The van der Waals surface area contributed by atoms with Crippen LogP contribution in [0.15, 0.2) is 134 Å². The second kappa shape index (κ2) is 58.1. The number of carboxylic acids is 2. The summed E-state index contributed by atoms with van der Waals surface area (Å²) in [7, 11) is 0. The van der Waals surface area contributed by atoms with Gasteiger partial charge >= 0.3 is 59.7 Å². The van der Waals surface area contributed by atoms with Crippen molar-refractivity contribution >= 4 is 59.7 Å². The van der Waals surface area contributed by atoms with Crippen LogP contribution in [0.2, 0.25) is 0 Å². The van der Waals surface area contributed by atoms with Crippen LogP contribution in [0.25, 0.3) is 0 Å². The fraction of sp³-hybridized carbons (Fsp3) is 0.628. The lowest BCUT2D eigenvalue weighted by Crippen LogP contribution is -2.39. The predicted octanol–water partition coefficient (Wildman–Crippen LogP) is 21.6. The van der Waals surface area contributed by atoms with Gasteiger partial charge in [-0.1, -0.05) is 328 Å². The highest BCUT2D eigenvalue weighted by Crippen LogP contribution is 2.53. The number of hydrogen-bond acceptors (Lipinski definition) is 14. The van der Waals surface area contributed by atoms with E-state index in [9.17, 15) is 58.2 Å². The van der Waals surface area contributed by atoms with Crippen LogP contribution in [0.4, 0.5) is 0 Å². The molecule has 3 unspecified atom stereocenters. The van der Waals surface area contributed by atoms with E-state index < -0.39 is 118 Å². The minimum atomic E-state index is -1.28. The van der Waals surface area contributed by atoms with E-state index in [1.54, 1.807) is 115 Å². The predicted molar refractivity (Wildman–Crippen MR) is 409 cm³/mol. The van der Waals surface area contributed by atoms with E-state index in [2.05, 4.69) is 20.8 Å². The first-order chi connectivity index (χ1) is 49.1. The van der Waals surface area contributed by atoms with Crippen LogP contribution in [0.5, 0.6) is 0 Å². The molecule has 0 aromatic carbocycles. The molecule has 0 saturated carbocycles. The molecule has 2 rings (SSSR count). The third-order valence-electron chi connectivity index (χ3n) is 18.3. The van der Waals surface area contributed by atoms with Gasteiger partial charge in [-0.05, 0) is 93.9 Å². The van der Waals surface area contributed by atoms with Crippen molar-refractivity contribution in [2.24, 2.45) is 39.4 Å². The van der Waals surface area contributed by atoms with Crippen molar-refractivity contribution in [3.8, 4) is 0 Å². The molecule has 2 N–H and O–H groups in total. The first-order valence-corrected chi connectivity index (χ1v) is 38.7. The van der Waals surface area contributed by atoms with Crippen LogP contribution in [0, 0.1) is 39.4 Å². The summed E-state index contributed by atoms with van der Waals surface area (Å²) in [4.78, 5) is 125. The number of aliphatic carboxylic acids is 2. The fourth-order valence-corrected chi connectivity index (χ4v) is 12.9. The van der Waals surface area contributed by atoms with Gasteiger partial charge in [-0.2, -0.15) is 0 Å². The van der Waals surface area contributed by atoms with E-state index in [1.165, 1.54) is 147 Å². The Morgan fingerprint density at radius 3 is 0.716 bits per heavy atom. The van der Waals surface area contributed by atoms with Crippen LogP contribution in [-0.4, -0.2) is 69.9 Å². The van der Waals surface area contributed by atoms with Crippen molar-refractivity contribution in [2.75, 3.05) is 0 Å². The first kappa shape index (κ1) is 94.6. The maximum Gasteiger partial charge on any atom is 0.329 e. The summed E-state index contributed by atoms with van der Waals surface area (Å²) in [5, 5.41) is 19.0. The largest absolute Gasteiger partial charge is 0.481 e. The Balaban J connectivity index is 0.00000214. The van der Waals surface area contributed by atoms with E-state index >= 15 is 0 Å². The lowest BCUT2D eigenvalue weighted by atomic mass is 9.63. The Hall–Kier alpha value is -7.36. The Bertz CT molecular complexity index is 2590. The van der Waals surface area contributed by atoms with Crippen LogP contribution >= 0.6 is 0 Å². The second-order valence-electron chi connectivity index (χ2n) is 26.8. The summed E-state index contributed by atoms with van der Waals surface area (Å²) < 4.78 is 20.1. The Labute approximate surface area is 614 Å². The number of carboxylic acid groups (broad SMARTS) is 2. The molecule has 2 aliphatic rings. The Morgan fingerprint density at radius 2 is 0.510 bits per heavy atom. The molecule has 3 atom stereocenters. The lowest BCUT2D eigenvalue weighted by Gasteiger charge is -2.31. The van der Waals surface area contributed by atoms with Crippen molar-refractivity contribution < 1.29 is 77.1 Å². The van der Waals surface area contributed by atoms with Crippen molar-refractivity contribution in [3.63, 3.8) is 0 Å². The van der Waals surface area contributed by atoms with E-state index in [-0.39, 0.29) is 0 Å². The highest BCUT2D eigenvalue weighted by molar-refractivity contribution is 6.08. The number of ether oxygens (including phenoxy) is 4. The third kappa shape index (κ3) is 35.2. The zero-order valence-corrected chi connectivity index (χ0v) is 64.5. The maximum atomic E-state index is 13.4. The average molecular weight is 1420 g/mol. The normalized spacial score (nSPS) is 20.3. The molecular formula is C86H132O16.